The number of nitrogens with one attached hydrogen (secondary N) is 1. The molecule has 0 saturated carbocycles. The number of carbonyl (C=O) groups excluding carboxylic acids is 2. The van der Waals surface area contributed by atoms with Gasteiger partial charge in [0.2, 0.25) is 10.0 Å². The Balaban J connectivity index is 1.49. The molecule has 10 heteroatoms. The van der Waals surface area contributed by atoms with E-state index in [1.165, 1.54) is 18.5 Å². The molecule has 0 unspecified atom stereocenters. The van der Waals surface area contributed by atoms with Gasteiger partial charge in [0.05, 0.1) is 25.0 Å². The highest BCUT2D eigenvalue weighted by Crippen LogP contribution is 2.26. The molecule has 1 amide bonds. The van der Waals surface area contributed by atoms with Crippen molar-refractivity contribution in [3.8, 4) is 11.5 Å². The molecule has 0 atom stereocenters. The monoisotopic (exact) mass is 462 g/mol. The first-order valence-electron chi connectivity index (χ1n) is 10.1. The predicted molar refractivity (Wildman–Crippen MR) is 117 cm³/mol. The minimum absolute atomic E-state index is 0.215. The summed E-state index contributed by atoms with van der Waals surface area (Å²) in [5, 5.41) is 2.63. The SMILES string of the molecule is COc1cc(NC(=O)COC(=O)C2CCN(S(=O)(=O)c3ccccc3)CC2)cc(OC)c1. The largest absolute Gasteiger partial charge is 0.497 e. The second-order valence-corrected chi connectivity index (χ2v) is 9.19. The van der Waals surface area contributed by atoms with Gasteiger partial charge in [0, 0.05) is 37.0 Å². The Morgan fingerprint density at radius 2 is 1.59 bits per heavy atom. The molecule has 9 nitrogen and oxygen atoms in total. The van der Waals surface area contributed by atoms with Crippen molar-refractivity contribution in [3.05, 3.63) is 48.5 Å². The molecule has 1 saturated heterocycles. The molecule has 2 aromatic rings. The van der Waals surface area contributed by atoms with Gasteiger partial charge in [-0.1, -0.05) is 18.2 Å². The van der Waals surface area contributed by atoms with Gasteiger partial charge in [-0.2, -0.15) is 4.31 Å². The van der Waals surface area contributed by atoms with Crippen LogP contribution >= 0.6 is 0 Å². The van der Waals surface area contributed by atoms with E-state index in [2.05, 4.69) is 5.32 Å². The number of carbonyl (C=O) groups is 2. The topological polar surface area (TPSA) is 111 Å². The summed E-state index contributed by atoms with van der Waals surface area (Å²) in [6.45, 7) is -0.0134. The van der Waals surface area contributed by atoms with Gasteiger partial charge in [-0.3, -0.25) is 9.59 Å². The summed E-state index contributed by atoms with van der Waals surface area (Å²) >= 11 is 0. The Morgan fingerprint density at radius 1 is 1.00 bits per heavy atom. The van der Waals surface area contributed by atoms with Gasteiger partial charge in [-0.15, -0.1) is 0 Å². The van der Waals surface area contributed by atoms with Crippen LogP contribution in [0.3, 0.4) is 0 Å². The number of hydrogen-bond donors (Lipinski definition) is 1. The molecule has 0 radical (unpaired) electrons. The van der Waals surface area contributed by atoms with Gasteiger partial charge in [0.25, 0.3) is 5.91 Å². The van der Waals surface area contributed by atoms with E-state index < -0.39 is 34.4 Å². The van der Waals surface area contributed by atoms with Crippen molar-refractivity contribution < 1.29 is 32.2 Å². The van der Waals surface area contributed by atoms with Crippen LogP contribution in [0, 0.1) is 5.92 Å². The van der Waals surface area contributed by atoms with Gasteiger partial charge in [-0.25, -0.2) is 8.42 Å². The van der Waals surface area contributed by atoms with E-state index in [1.807, 2.05) is 0 Å². The normalized spacial score (nSPS) is 15.1. The molecule has 1 aliphatic rings. The number of piperidine rings is 1. The highest BCUT2D eigenvalue weighted by molar-refractivity contribution is 7.89. The van der Waals surface area contributed by atoms with Crippen LogP contribution in [0.15, 0.2) is 53.4 Å². The zero-order valence-corrected chi connectivity index (χ0v) is 18.8. The number of amides is 1. The summed E-state index contributed by atoms with van der Waals surface area (Å²) in [4.78, 5) is 24.8. The fourth-order valence-corrected chi connectivity index (χ4v) is 4.90. The Kier molecular flexibility index (Phi) is 7.70. The summed E-state index contributed by atoms with van der Waals surface area (Å²) in [7, 11) is -0.589. The van der Waals surface area contributed by atoms with Crippen molar-refractivity contribution in [2.75, 3.05) is 39.2 Å². The van der Waals surface area contributed by atoms with E-state index in [0.717, 1.165) is 0 Å². The lowest BCUT2D eigenvalue weighted by Crippen LogP contribution is -2.40. The lowest BCUT2D eigenvalue weighted by Gasteiger charge is -2.30. The van der Waals surface area contributed by atoms with Crippen molar-refractivity contribution >= 4 is 27.6 Å². The van der Waals surface area contributed by atoms with Crippen molar-refractivity contribution in [1.29, 1.82) is 0 Å². The molecule has 1 heterocycles. The number of rotatable bonds is 8. The zero-order valence-electron chi connectivity index (χ0n) is 17.9. The van der Waals surface area contributed by atoms with Crippen LogP contribution in [0.1, 0.15) is 12.8 Å². The molecule has 32 heavy (non-hydrogen) atoms. The second-order valence-electron chi connectivity index (χ2n) is 7.25. The number of hydrogen-bond acceptors (Lipinski definition) is 7. The molecule has 0 spiro atoms. The third-order valence-electron chi connectivity index (χ3n) is 5.15. The molecular weight excluding hydrogens is 436 g/mol. The molecule has 1 aliphatic heterocycles. The number of esters is 1. The van der Waals surface area contributed by atoms with Gasteiger partial charge >= 0.3 is 5.97 Å². The Bertz CT molecular complexity index is 1030. The molecule has 2 aromatic carbocycles. The van der Waals surface area contributed by atoms with Crippen LogP contribution in [-0.2, 0) is 24.3 Å². The van der Waals surface area contributed by atoms with Gasteiger partial charge in [0.15, 0.2) is 6.61 Å². The third kappa shape index (κ3) is 5.77. The molecule has 3 rings (SSSR count). The maximum absolute atomic E-state index is 12.7. The van der Waals surface area contributed by atoms with Crippen LogP contribution in [0.2, 0.25) is 0 Å². The number of ether oxygens (including phenoxy) is 3. The second kappa shape index (κ2) is 10.5. The predicted octanol–water partition coefficient (Wildman–Crippen LogP) is 2.29. The van der Waals surface area contributed by atoms with E-state index >= 15 is 0 Å². The minimum Gasteiger partial charge on any atom is -0.497 e. The van der Waals surface area contributed by atoms with Gasteiger partial charge in [-0.05, 0) is 25.0 Å². The highest BCUT2D eigenvalue weighted by Gasteiger charge is 2.32. The van der Waals surface area contributed by atoms with Crippen LogP contribution in [0.5, 0.6) is 11.5 Å². The molecule has 172 valence electrons. The van der Waals surface area contributed by atoms with E-state index in [1.54, 1.807) is 48.5 Å². The first-order chi connectivity index (χ1) is 15.3. The van der Waals surface area contributed by atoms with Crippen molar-refractivity contribution in [2.24, 2.45) is 5.92 Å². The Hall–Kier alpha value is -3.11. The number of sulfonamides is 1. The fraction of sp³-hybridized carbons (Fsp3) is 0.364. The Morgan fingerprint density at radius 3 is 2.16 bits per heavy atom. The number of benzene rings is 2. The van der Waals surface area contributed by atoms with Crippen LogP contribution in [0.25, 0.3) is 0 Å². The first kappa shape index (κ1) is 23.6. The van der Waals surface area contributed by atoms with E-state index in [-0.39, 0.29) is 18.0 Å². The number of anilines is 1. The lowest BCUT2D eigenvalue weighted by atomic mass is 9.98. The molecular formula is C22H26N2O7S. The lowest BCUT2D eigenvalue weighted by molar-refractivity contribution is -0.152. The number of methoxy groups -OCH3 is 2. The first-order valence-corrected chi connectivity index (χ1v) is 11.5. The van der Waals surface area contributed by atoms with Crippen molar-refractivity contribution in [3.63, 3.8) is 0 Å². The minimum atomic E-state index is -3.59. The third-order valence-corrected chi connectivity index (χ3v) is 7.06. The van der Waals surface area contributed by atoms with Crippen molar-refractivity contribution in [1.82, 2.24) is 4.31 Å². The van der Waals surface area contributed by atoms with Crippen LogP contribution in [0.4, 0.5) is 5.69 Å². The fourth-order valence-electron chi connectivity index (χ4n) is 3.40. The van der Waals surface area contributed by atoms with E-state index in [0.29, 0.717) is 30.0 Å². The number of nitrogens with zero attached hydrogens (tertiary/aromatic N) is 1. The molecule has 0 aliphatic carbocycles. The maximum atomic E-state index is 12.7. The average Bonchev–Trinajstić information content (AvgIpc) is 2.82. The van der Waals surface area contributed by atoms with E-state index in [4.69, 9.17) is 14.2 Å². The summed E-state index contributed by atoms with van der Waals surface area (Å²) in [5.74, 6) is -0.456. The molecule has 1 N–H and O–H groups in total. The summed E-state index contributed by atoms with van der Waals surface area (Å²) in [6, 6.07) is 13.1. The summed E-state index contributed by atoms with van der Waals surface area (Å²) in [5.41, 5.74) is 0.446. The van der Waals surface area contributed by atoms with Gasteiger partial charge < -0.3 is 19.5 Å². The summed E-state index contributed by atoms with van der Waals surface area (Å²) in [6.07, 6.45) is 0.666. The molecule has 0 aromatic heterocycles. The van der Waals surface area contributed by atoms with Crippen LogP contribution in [-0.4, -0.2) is 58.5 Å². The van der Waals surface area contributed by atoms with E-state index in [9.17, 15) is 18.0 Å². The average molecular weight is 463 g/mol. The van der Waals surface area contributed by atoms with Gasteiger partial charge in [0.1, 0.15) is 11.5 Å². The molecule has 1 fully saturated rings. The van der Waals surface area contributed by atoms with Crippen LogP contribution < -0.4 is 14.8 Å². The maximum Gasteiger partial charge on any atom is 0.309 e. The highest BCUT2D eigenvalue weighted by atomic mass is 32.2. The smallest absolute Gasteiger partial charge is 0.309 e. The quantitative estimate of drug-likeness (QED) is 0.599. The molecule has 0 bridgehead atoms. The summed E-state index contributed by atoms with van der Waals surface area (Å²) < 4.78 is 42.2. The standard InChI is InChI=1S/C22H26N2O7S/c1-29-18-12-17(13-19(14-18)30-2)23-21(25)15-31-22(26)16-8-10-24(11-9-16)32(27,28)20-6-4-3-5-7-20/h3-7,12-14,16H,8-11,15H2,1-2H3,(H,23,25). The van der Waals surface area contributed by atoms with Crippen molar-refractivity contribution in [2.45, 2.75) is 17.7 Å². The zero-order chi connectivity index (χ0) is 23.1. The Labute approximate surface area is 187 Å².